The van der Waals surface area contributed by atoms with Crippen molar-refractivity contribution in [2.75, 3.05) is 13.2 Å². The van der Waals surface area contributed by atoms with Crippen LogP contribution in [-0.4, -0.2) is 36.9 Å². The number of carbonyl (C=O) groups is 1. The smallest absolute Gasteiger partial charge is 0.311 e. The maximum absolute atomic E-state index is 11.3. The van der Waals surface area contributed by atoms with E-state index < -0.39 is 11.6 Å². The van der Waals surface area contributed by atoms with E-state index in [0.29, 0.717) is 6.61 Å². The first-order valence-electron chi connectivity index (χ1n) is 5.15. The minimum absolute atomic E-state index is 0.226. The minimum atomic E-state index is -1.03. The molecule has 0 amide bonds. The quantitative estimate of drug-likeness (QED) is 0.639. The van der Waals surface area contributed by atoms with Crippen LogP contribution >= 0.6 is 0 Å². The highest BCUT2D eigenvalue weighted by atomic mass is 16.8. The lowest BCUT2D eigenvalue weighted by molar-refractivity contribution is -0.378. The second kappa shape index (κ2) is 3.43. The lowest BCUT2D eigenvalue weighted by atomic mass is 10.1. The zero-order valence-electron chi connectivity index (χ0n) is 9.24. The van der Waals surface area contributed by atoms with Crippen molar-refractivity contribution in [3.05, 3.63) is 0 Å². The van der Waals surface area contributed by atoms with Crippen molar-refractivity contribution in [1.29, 1.82) is 0 Å². The van der Waals surface area contributed by atoms with E-state index in [9.17, 15) is 4.79 Å². The Morgan fingerprint density at radius 2 is 2.27 bits per heavy atom. The predicted octanol–water partition coefficient (Wildman–Crippen LogP) is 0.818. The molecule has 0 radical (unpaired) electrons. The number of hydrogen-bond donors (Lipinski definition) is 0. The maximum atomic E-state index is 11.3. The van der Waals surface area contributed by atoms with Gasteiger partial charge in [-0.3, -0.25) is 4.79 Å². The number of hydrogen-bond acceptors (Lipinski definition) is 5. The third kappa shape index (κ3) is 1.87. The number of esters is 1. The Hall–Kier alpha value is -0.650. The van der Waals surface area contributed by atoms with Crippen LogP contribution in [0.5, 0.6) is 0 Å². The van der Waals surface area contributed by atoms with Gasteiger partial charge in [-0.1, -0.05) is 0 Å². The summed E-state index contributed by atoms with van der Waals surface area (Å²) < 4.78 is 21.7. The second-order valence-electron chi connectivity index (χ2n) is 4.22. The van der Waals surface area contributed by atoms with Gasteiger partial charge in [0.05, 0.1) is 6.42 Å². The molecule has 5 nitrogen and oxygen atoms in total. The molecule has 2 rings (SSSR count). The maximum Gasteiger partial charge on any atom is 0.311 e. The lowest BCUT2D eigenvalue weighted by Gasteiger charge is -2.43. The SMILES string of the molecule is CCO[C@@]12COC(C)(C)O[C@@H]1CC(=O)O2. The zero-order valence-corrected chi connectivity index (χ0v) is 9.24. The average Bonchev–Trinajstić information content (AvgIpc) is 2.40. The van der Waals surface area contributed by atoms with E-state index in [4.69, 9.17) is 18.9 Å². The lowest BCUT2D eigenvalue weighted by Crippen LogP contribution is -2.57. The fourth-order valence-electron chi connectivity index (χ4n) is 1.92. The molecular formula is C10H16O5. The van der Waals surface area contributed by atoms with Gasteiger partial charge in [-0.15, -0.1) is 0 Å². The first-order valence-corrected chi connectivity index (χ1v) is 5.15. The summed E-state index contributed by atoms with van der Waals surface area (Å²) in [4.78, 5) is 11.3. The molecule has 5 heteroatoms. The molecule has 2 heterocycles. The minimum Gasteiger partial charge on any atom is -0.427 e. The van der Waals surface area contributed by atoms with Crippen LogP contribution in [0, 0.1) is 0 Å². The van der Waals surface area contributed by atoms with Crippen molar-refractivity contribution < 1.29 is 23.7 Å². The van der Waals surface area contributed by atoms with Crippen molar-refractivity contribution >= 4 is 5.97 Å². The molecule has 0 spiro atoms. The van der Waals surface area contributed by atoms with E-state index in [1.165, 1.54) is 0 Å². The molecule has 86 valence electrons. The summed E-state index contributed by atoms with van der Waals surface area (Å²) in [7, 11) is 0. The number of carbonyl (C=O) groups excluding carboxylic acids is 1. The molecule has 2 atom stereocenters. The van der Waals surface area contributed by atoms with Crippen molar-refractivity contribution in [2.45, 2.75) is 44.9 Å². The molecule has 2 fully saturated rings. The molecule has 0 aromatic carbocycles. The molecule has 0 aliphatic carbocycles. The van der Waals surface area contributed by atoms with Gasteiger partial charge in [0.15, 0.2) is 5.79 Å². The third-order valence-corrected chi connectivity index (χ3v) is 2.56. The molecule has 0 bridgehead atoms. The standard InChI is InChI=1S/C10H16O5/c1-4-12-10-6-13-9(2,3)14-7(10)5-8(11)15-10/h7H,4-6H2,1-3H3/t7-,10-/m1/s1. The summed E-state index contributed by atoms with van der Waals surface area (Å²) in [6.45, 7) is 6.15. The van der Waals surface area contributed by atoms with Gasteiger partial charge in [-0.2, -0.15) is 0 Å². The molecule has 0 aromatic rings. The van der Waals surface area contributed by atoms with Gasteiger partial charge < -0.3 is 18.9 Å². The normalized spacial score (nSPS) is 38.6. The molecule has 0 aromatic heterocycles. The van der Waals surface area contributed by atoms with Crippen LogP contribution in [0.3, 0.4) is 0 Å². The van der Waals surface area contributed by atoms with Crippen molar-refractivity contribution in [2.24, 2.45) is 0 Å². The molecule has 0 N–H and O–H groups in total. The second-order valence-corrected chi connectivity index (χ2v) is 4.22. The monoisotopic (exact) mass is 216 g/mol. The summed E-state index contributed by atoms with van der Waals surface area (Å²) >= 11 is 0. The van der Waals surface area contributed by atoms with Crippen molar-refractivity contribution in [1.82, 2.24) is 0 Å². The van der Waals surface area contributed by atoms with Crippen LogP contribution in [0.25, 0.3) is 0 Å². The van der Waals surface area contributed by atoms with E-state index in [2.05, 4.69) is 0 Å². The van der Waals surface area contributed by atoms with Crippen molar-refractivity contribution in [3.63, 3.8) is 0 Å². The van der Waals surface area contributed by atoms with Crippen LogP contribution in [0.2, 0.25) is 0 Å². The molecule has 2 aliphatic rings. The topological polar surface area (TPSA) is 54.0 Å². The molecule has 2 saturated heterocycles. The fraction of sp³-hybridized carbons (Fsp3) is 0.900. The van der Waals surface area contributed by atoms with Crippen LogP contribution in [0.4, 0.5) is 0 Å². The molecule has 0 saturated carbocycles. The van der Waals surface area contributed by atoms with Gasteiger partial charge in [0.25, 0.3) is 5.79 Å². The van der Waals surface area contributed by atoms with Gasteiger partial charge in [0.2, 0.25) is 0 Å². The van der Waals surface area contributed by atoms with Gasteiger partial charge in [0, 0.05) is 6.61 Å². The van der Waals surface area contributed by atoms with Gasteiger partial charge in [0.1, 0.15) is 12.7 Å². The highest BCUT2D eigenvalue weighted by Crippen LogP contribution is 2.39. The molecule has 2 aliphatic heterocycles. The van der Waals surface area contributed by atoms with Gasteiger partial charge in [-0.25, -0.2) is 0 Å². The number of ether oxygens (including phenoxy) is 4. The van der Waals surface area contributed by atoms with Crippen LogP contribution in [0.1, 0.15) is 27.2 Å². The van der Waals surface area contributed by atoms with Crippen LogP contribution in [-0.2, 0) is 23.7 Å². The van der Waals surface area contributed by atoms with Gasteiger partial charge in [-0.05, 0) is 20.8 Å². The Morgan fingerprint density at radius 1 is 1.53 bits per heavy atom. The highest BCUT2D eigenvalue weighted by Gasteiger charge is 2.57. The van der Waals surface area contributed by atoms with Crippen LogP contribution < -0.4 is 0 Å². The van der Waals surface area contributed by atoms with Crippen LogP contribution in [0.15, 0.2) is 0 Å². The predicted molar refractivity (Wildman–Crippen MR) is 50.0 cm³/mol. The molecule has 0 unspecified atom stereocenters. The largest absolute Gasteiger partial charge is 0.427 e. The first kappa shape index (κ1) is 10.9. The van der Waals surface area contributed by atoms with Gasteiger partial charge >= 0.3 is 5.97 Å². The van der Waals surface area contributed by atoms with E-state index >= 15 is 0 Å². The Labute approximate surface area is 88.6 Å². The third-order valence-electron chi connectivity index (χ3n) is 2.56. The fourth-order valence-corrected chi connectivity index (χ4v) is 1.92. The van der Waals surface area contributed by atoms with E-state index in [-0.39, 0.29) is 25.1 Å². The molecular weight excluding hydrogens is 200 g/mol. The van der Waals surface area contributed by atoms with E-state index in [1.54, 1.807) is 0 Å². The number of fused-ring (bicyclic) bond motifs is 1. The molecule has 15 heavy (non-hydrogen) atoms. The summed E-state index contributed by atoms with van der Waals surface area (Å²) in [6.07, 6.45) is -0.138. The Kier molecular flexibility index (Phi) is 2.48. The highest BCUT2D eigenvalue weighted by molar-refractivity contribution is 5.73. The average molecular weight is 216 g/mol. The summed E-state index contributed by atoms with van der Waals surface area (Å²) in [6, 6.07) is 0. The summed E-state index contributed by atoms with van der Waals surface area (Å²) in [5, 5.41) is 0. The van der Waals surface area contributed by atoms with E-state index in [0.717, 1.165) is 0 Å². The summed E-state index contributed by atoms with van der Waals surface area (Å²) in [5.74, 6) is -2.00. The van der Waals surface area contributed by atoms with E-state index in [1.807, 2.05) is 20.8 Å². The zero-order chi connectivity index (χ0) is 11.1. The number of rotatable bonds is 2. The summed E-state index contributed by atoms with van der Waals surface area (Å²) in [5.41, 5.74) is 0. The Bertz CT molecular complexity index is 275. The first-order chi connectivity index (χ1) is 6.97. The Morgan fingerprint density at radius 3 is 2.93 bits per heavy atom. The Balaban J connectivity index is 2.18. The van der Waals surface area contributed by atoms with Crippen molar-refractivity contribution in [3.8, 4) is 0 Å².